The Balaban J connectivity index is 2.07. The first-order valence-electron chi connectivity index (χ1n) is 13.8. The lowest BCUT2D eigenvalue weighted by Crippen LogP contribution is -2.79. The molecule has 1 heterocycles. The van der Waals surface area contributed by atoms with Gasteiger partial charge in [0.15, 0.2) is 5.78 Å². The number of fused-ring (bicyclic) bond motifs is 5. The lowest BCUT2D eigenvalue weighted by molar-refractivity contribution is -0.295. The van der Waals surface area contributed by atoms with E-state index in [0.29, 0.717) is 5.57 Å². The largest absolute Gasteiger partial charge is 0.466 e. The molecule has 1 N–H and O–H groups in total. The molecule has 4 fully saturated rings. The van der Waals surface area contributed by atoms with E-state index in [1.165, 1.54) is 27.7 Å². The summed E-state index contributed by atoms with van der Waals surface area (Å²) < 4.78 is 22.2. The van der Waals surface area contributed by atoms with Crippen LogP contribution in [0.15, 0.2) is 12.2 Å². The highest BCUT2D eigenvalue weighted by molar-refractivity contribution is 6.15. The number of aliphatic hydroxyl groups is 1. The van der Waals surface area contributed by atoms with Crippen LogP contribution in [0.5, 0.6) is 0 Å². The number of esters is 4. The zero-order valence-corrected chi connectivity index (χ0v) is 25.1. The van der Waals surface area contributed by atoms with Gasteiger partial charge in [0.1, 0.15) is 18.0 Å². The number of hydrogen-bond acceptors (Lipinski definition) is 11. The first-order valence-corrected chi connectivity index (χ1v) is 13.8. The Morgan fingerprint density at radius 3 is 2.00 bits per heavy atom. The molecule has 0 aromatic rings. The molecule has 0 amide bonds. The van der Waals surface area contributed by atoms with Crippen LogP contribution in [0.3, 0.4) is 0 Å². The molecule has 0 radical (unpaired) electrons. The van der Waals surface area contributed by atoms with Crippen molar-refractivity contribution in [2.75, 3.05) is 7.11 Å². The average Bonchev–Trinajstić information content (AvgIpc) is 2.84. The normalized spacial score (nSPS) is 44.9. The van der Waals surface area contributed by atoms with E-state index in [4.69, 9.17) is 18.9 Å². The third-order valence-electron chi connectivity index (χ3n) is 11.0. The van der Waals surface area contributed by atoms with Gasteiger partial charge < -0.3 is 24.1 Å². The summed E-state index contributed by atoms with van der Waals surface area (Å²) in [5.74, 6) is -7.34. The monoisotopic (exact) mass is 576 g/mol. The second kappa shape index (κ2) is 9.21. The molecule has 10 atom stereocenters. The highest BCUT2D eigenvalue weighted by Crippen LogP contribution is 2.73. The molecular weight excluding hydrogens is 536 g/mol. The van der Waals surface area contributed by atoms with Gasteiger partial charge in [0.05, 0.1) is 24.5 Å². The zero-order valence-electron chi connectivity index (χ0n) is 25.1. The van der Waals surface area contributed by atoms with Gasteiger partial charge in [0.25, 0.3) is 5.60 Å². The van der Waals surface area contributed by atoms with E-state index >= 15 is 0 Å². The van der Waals surface area contributed by atoms with Gasteiger partial charge >= 0.3 is 23.9 Å². The van der Waals surface area contributed by atoms with Crippen molar-refractivity contribution in [3.63, 3.8) is 0 Å². The second-order valence-corrected chi connectivity index (χ2v) is 13.4. The number of allylic oxidation sites excluding steroid dienone is 1. The Labute approximate surface area is 239 Å². The van der Waals surface area contributed by atoms with Gasteiger partial charge in [-0.2, -0.15) is 0 Å². The molecule has 11 nitrogen and oxygen atoms in total. The lowest BCUT2D eigenvalue weighted by Gasteiger charge is -2.71. The van der Waals surface area contributed by atoms with Gasteiger partial charge in [-0.15, -0.1) is 0 Å². The third kappa shape index (κ3) is 3.73. The van der Waals surface area contributed by atoms with Gasteiger partial charge in [-0.1, -0.05) is 39.8 Å². The summed E-state index contributed by atoms with van der Waals surface area (Å²) in [6, 6.07) is 0. The van der Waals surface area contributed by atoms with Crippen LogP contribution in [0, 0.1) is 39.4 Å². The van der Waals surface area contributed by atoms with E-state index in [-0.39, 0.29) is 18.6 Å². The smallest absolute Gasteiger partial charge is 0.358 e. The first kappa shape index (κ1) is 30.9. The van der Waals surface area contributed by atoms with E-state index in [9.17, 15) is 33.9 Å². The van der Waals surface area contributed by atoms with Crippen molar-refractivity contribution in [1.82, 2.24) is 0 Å². The molecule has 0 aromatic carbocycles. The third-order valence-corrected chi connectivity index (χ3v) is 11.0. The SMILES string of the molecule is C=C1C[C@H]2[C@@](C)([C@@H]3C(=O)O[C@@](C)(C(=O)OC)C(=O)[C@]13C)[C@@H](OC(C)=O)[C@@H](OC(C)=O)[C@H]1C(C)(C)C(=O)C[C@@H](O)[C@@]21C. The number of carbonyl (C=O) groups is 6. The van der Waals surface area contributed by atoms with Crippen LogP contribution in [0.25, 0.3) is 0 Å². The number of ketones is 2. The minimum absolute atomic E-state index is 0.0820. The van der Waals surface area contributed by atoms with E-state index < -0.39 is 93.0 Å². The van der Waals surface area contributed by atoms with E-state index in [0.717, 1.165) is 7.11 Å². The summed E-state index contributed by atoms with van der Waals surface area (Å²) in [5.41, 5.74) is -7.42. The molecule has 0 unspecified atom stereocenters. The highest BCUT2D eigenvalue weighted by atomic mass is 16.6. The molecule has 4 aliphatic rings. The molecule has 3 aliphatic carbocycles. The standard InChI is InChI=1S/C30H40O11/c1-13-11-16-28(7)18(34)12-17(33)26(4,5)20(28)19(39-14(2)31)22(40-15(3)32)29(16,8)21-23(35)41-30(9,25(37)38-10)24(36)27(13,21)6/h16,18-22,34H,1,11-12H2,2-10H3/t16-,18-,19+,20+,21-,22+,27-,28-,29+,30-/m1/s1. The predicted molar refractivity (Wildman–Crippen MR) is 141 cm³/mol. The van der Waals surface area contributed by atoms with Crippen LogP contribution in [-0.4, -0.2) is 71.6 Å². The molecule has 0 aromatic heterocycles. The topological polar surface area (TPSA) is 160 Å². The Morgan fingerprint density at radius 1 is 0.927 bits per heavy atom. The molecule has 226 valence electrons. The van der Waals surface area contributed by atoms with E-state index in [1.807, 2.05) is 0 Å². The number of methoxy groups -OCH3 is 1. The van der Waals surface area contributed by atoms with Crippen LogP contribution in [0.2, 0.25) is 0 Å². The Bertz CT molecular complexity index is 1270. The summed E-state index contributed by atoms with van der Waals surface area (Å²) in [6.45, 7) is 16.1. The van der Waals surface area contributed by atoms with Crippen molar-refractivity contribution >= 4 is 35.4 Å². The zero-order chi connectivity index (χ0) is 31.2. The summed E-state index contributed by atoms with van der Waals surface area (Å²) in [7, 11) is 1.08. The fourth-order valence-corrected chi connectivity index (χ4v) is 9.12. The molecular formula is C30H40O11. The van der Waals surface area contributed by atoms with Gasteiger partial charge in [0.2, 0.25) is 0 Å². The van der Waals surface area contributed by atoms with Gasteiger partial charge in [-0.05, 0) is 26.2 Å². The number of aliphatic hydroxyl groups excluding tert-OH is 1. The second-order valence-electron chi connectivity index (χ2n) is 13.4. The molecule has 1 saturated heterocycles. The molecule has 0 spiro atoms. The lowest BCUT2D eigenvalue weighted by atomic mass is 9.33. The Kier molecular flexibility index (Phi) is 6.93. The maximum Gasteiger partial charge on any atom is 0.358 e. The maximum absolute atomic E-state index is 14.2. The van der Waals surface area contributed by atoms with Crippen molar-refractivity contribution < 1.29 is 52.8 Å². The molecule has 1 aliphatic heterocycles. The van der Waals surface area contributed by atoms with Gasteiger partial charge in [-0.3, -0.25) is 24.0 Å². The van der Waals surface area contributed by atoms with Crippen LogP contribution in [0.4, 0.5) is 0 Å². The number of rotatable bonds is 3. The van der Waals surface area contributed by atoms with Crippen LogP contribution in [-0.2, 0) is 47.7 Å². The number of hydrogen-bond donors (Lipinski definition) is 1. The summed E-state index contributed by atoms with van der Waals surface area (Å²) in [6.07, 6.45) is -3.93. The van der Waals surface area contributed by atoms with Crippen LogP contribution < -0.4 is 0 Å². The quantitative estimate of drug-likeness (QED) is 0.227. The molecule has 4 rings (SSSR count). The molecule has 11 heteroatoms. The van der Waals surface area contributed by atoms with E-state index in [2.05, 4.69) is 6.58 Å². The number of Topliss-reactive ketones (excluding diaryl/α,β-unsaturated/α-hetero) is 2. The summed E-state index contributed by atoms with van der Waals surface area (Å²) >= 11 is 0. The van der Waals surface area contributed by atoms with Crippen molar-refractivity contribution in [2.45, 2.75) is 92.1 Å². The van der Waals surface area contributed by atoms with Gasteiger partial charge in [-0.25, -0.2) is 4.79 Å². The maximum atomic E-state index is 14.2. The molecule has 41 heavy (non-hydrogen) atoms. The van der Waals surface area contributed by atoms with Crippen LogP contribution >= 0.6 is 0 Å². The first-order chi connectivity index (χ1) is 18.7. The van der Waals surface area contributed by atoms with E-state index in [1.54, 1.807) is 27.7 Å². The highest BCUT2D eigenvalue weighted by Gasteiger charge is 2.80. The summed E-state index contributed by atoms with van der Waals surface area (Å²) in [5, 5.41) is 11.6. The Hall–Kier alpha value is -3.08. The fourth-order valence-electron chi connectivity index (χ4n) is 9.12. The van der Waals surface area contributed by atoms with Crippen molar-refractivity contribution in [3.8, 4) is 0 Å². The number of carbonyl (C=O) groups excluding carboxylic acids is 6. The predicted octanol–water partition coefficient (Wildman–Crippen LogP) is 2.11. The number of cyclic esters (lactones) is 1. The molecule has 3 saturated carbocycles. The Morgan fingerprint density at radius 2 is 1.49 bits per heavy atom. The minimum Gasteiger partial charge on any atom is -0.466 e. The minimum atomic E-state index is -2.25. The molecule has 0 bridgehead atoms. The van der Waals surface area contributed by atoms with Crippen molar-refractivity contribution in [2.24, 2.45) is 39.4 Å². The van der Waals surface area contributed by atoms with Gasteiger partial charge in [0, 0.05) is 42.4 Å². The van der Waals surface area contributed by atoms with Crippen LogP contribution in [0.1, 0.15) is 68.2 Å². The fraction of sp³-hybridized carbons (Fsp3) is 0.733. The van der Waals surface area contributed by atoms with Crippen molar-refractivity contribution in [3.05, 3.63) is 12.2 Å². The average molecular weight is 577 g/mol. The number of ether oxygens (including phenoxy) is 4. The van der Waals surface area contributed by atoms with Crippen molar-refractivity contribution in [1.29, 1.82) is 0 Å². The summed E-state index contributed by atoms with van der Waals surface area (Å²) in [4.78, 5) is 79.6.